The van der Waals surface area contributed by atoms with Crippen molar-refractivity contribution in [1.29, 1.82) is 0 Å². The van der Waals surface area contributed by atoms with E-state index in [1.807, 2.05) is 56.4 Å². The number of ether oxygens (including phenoxy) is 1. The minimum absolute atomic E-state index is 0.000402. The largest absolute Gasteiger partial charge is 0.368 e. The maximum absolute atomic E-state index is 13.4. The number of carbonyl (C=O) groups excluding carboxylic acids is 1. The van der Waals surface area contributed by atoms with E-state index in [0.29, 0.717) is 18.9 Å². The molecule has 2 aromatic rings. The highest BCUT2D eigenvalue weighted by atomic mass is 33.1. The van der Waals surface area contributed by atoms with Gasteiger partial charge in [0.05, 0.1) is 4.20 Å². The van der Waals surface area contributed by atoms with Crippen LogP contribution in [0.3, 0.4) is 0 Å². The second-order valence-corrected chi connectivity index (χ2v) is 17.6. The Bertz CT molecular complexity index is 1040. The van der Waals surface area contributed by atoms with Crippen molar-refractivity contribution >= 4 is 55.5 Å². The molecule has 210 valence electrons. The summed E-state index contributed by atoms with van der Waals surface area (Å²) >= 11 is 7.50. The van der Waals surface area contributed by atoms with Crippen molar-refractivity contribution in [3.63, 3.8) is 0 Å². The Morgan fingerprint density at radius 3 is 2.21 bits per heavy atom. The summed E-state index contributed by atoms with van der Waals surface area (Å²) in [7, 11) is 3.47. The highest BCUT2D eigenvalue weighted by molar-refractivity contribution is 8.77. The molecule has 0 aliphatic heterocycles. The van der Waals surface area contributed by atoms with Crippen LogP contribution >= 0.6 is 45.6 Å². The number of pyridine rings is 1. The van der Waals surface area contributed by atoms with E-state index in [9.17, 15) is 4.79 Å². The molecule has 0 saturated carbocycles. The fraction of sp³-hybridized carbons (Fsp3) is 0.581. The third kappa shape index (κ3) is 11.3. The van der Waals surface area contributed by atoms with E-state index < -0.39 is 5.60 Å². The first-order valence-electron chi connectivity index (χ1n) is 13.3. The number of hydrogen-bond donors (Lipinski definition) is 0. The molecule has 0 aliphatic rings. The van der Waals surface area contributed by atoms with Gasteiger partial charge in [-0.05, 0) is 80.4 Å². The number of nitrogens with zero attached hydrogens (tertiary/aromatic N) is 1. The van der Waals surface area contributed by atoms with Crippen molar-refractivity contribution in [3.8, 4) is 0 Å². The van der Waals surface area contributed by atoms with Crippen molar-refractivity contribution in [3.05, 3.63) is 60.3 Å². The SMILES string of the molecule is CC(CC(C)(C)CC(=O)C(C)(C)OCCC(C)(C)SSc1ccccn1)C(C)(C)SC(=S)c1ccccc1. The number of carbonyl (C=O) groups is 1. The molecule has 0 saturated heterocycles. The Balaban J connectivity index is 1.85. The van der Waals surface area contributed by atoms with Gasteiger partial charge in [0.1, 0.15) is 10.6 Å². The van der Waals surface area contributed by atoms with E-state index in [0.717, 1.165) is 27.6 Å². The summed E-state index contributed by atoms with van der Waals surface area (Å²) in [5, 5.41) is 1.00. The van der Waals surface area contributed by atoms with E-state index in [1.54, 1.807) is 33.3 Å². The van der Waals surface area contributed by atoms with Gasteiger partial charge < -0.3 is 4.74 Å². The van der Waals surface area contributed by atoms with Crippen LogP contribution in [0.4, 0.5) is 0 Å². The first-order valence-corrected chi connectivity index (χ1v) is 16.6. The van der Waals surface area contributed by atoms with Gasteiger partial charge in [-0.25, -0.2) is 4.98 Å². The molecular weight excluding hydrogens is 547 g/mol. The predicted octanol–water partition coefficient (Wildman–Crippen LogP) is 9.68. The van der Waals surface area contributed by atoms with Gasteiger partial charge in [0.15, 0.2) is 5.78 Å². The standard InChI is InChI=1S/C31H45NO2S4/c1-23(31(8,9)36-27(35)24-15-11-10-12-16-24)21-28(2,3)22-25(33)30(6,7)34-20-18-29(4,5)38-37-26-17-13-14-19-32-26/h10-17,19,23H,18,20-22H2,1-9H3. The van der Waals surface area contributed by atoms with Crippen molar-refractivity contribution in [2.45, 2.75) is 102 Å². The van der Waals surface area contributed by atoms with Crippen LogP contribution in [0.25, 0.3) is 0 Å². The lowest BCUT2D eigenvalue weighted by Crippen LogP contribution is -2.40. The van der Waals surface area contributed by atoms with Crippen LogP contribution in [0.2, 0.25) is 0 Å². The van der Waals surface area contributed by atoms with Gasteiger partial charge in [-0.3, -0.25) is 4.79 Å². The molecule has 0 radical (unpaired) electrons. The first kappa shape index (κ1) is 33.3. The Morgan fingerprint density at radius 2 is 1.61 bits per heavy atom. The van der Waals surface area contributed by atoms with Crippen LogP contribution in [0.15, 0.2) is 59.8 Å². The molecule has 0 fully saturated rings. The molecule has 1 heterocycles. The van der Waals surface area contributed by atoms with E-state index in [4.69, 9.17) is 17.0 Å². The number of ketones is 1. The number of rotatable bonds is 15. The molecule has 1 atom stereocenters. The third-order valence-electron chi connectivity index (χ3n) is 6.88. The van der Waals surface area contributed by atoms with Gasteiger partial charge in [0.25, 0.3) is 0 Å². The fourth-order valence-corrected chi connectivity index (χ4v) is 7.98. The molecule has 0 N–H and O–H groups in total. The Kier molecular flexibility index (Phi) is 12.4. The minimum atomic E-state index is -0.811. The van der Waals surface area contributed by atoms with Crippen LogP contribution in [0.5, 0.6) is 0 Å². The molecule has 38 heavy (non-hydrogen) atoms. The second-order valence-electron chi connectivity index (χ2n) is 12.4. The lowest BCUT2D eigenvalue weighted by molar-refractivity contribution is -0.143. The number of Topliss-reactive ketones (excluding diaryl/α,β-unsaturated/α-hetero) is 1. The quantitative estimate of drug-likeness (QED) is 0.151. The van der Waals surface area contributed by atoms with Gasteiger partial charge in [-0.2, -0.15) is 0 Å². The number of aromatic nitrogens is 1. The normalized spacial score (nSPS) is 13.8. The lowest BCUT2D eigenvalue weighted by Gasteiger charge is -2.38. The second kappa shape index (κ2) is 14.2. The van der Waals surface area contributed by atoms with E-state index >= 15 is 0 Å². The molecule has 0 spiro atoms. The van der Waals surface area contributed by atoms with E-state index in [2.05, 4.69) is 65.6 Å². The number of benzene rings is 1. The maximum Gasteiger partial charge on any atom is 0.164 e. The third-order valence-corrected chi connectivity index (χ3v) is 12.0. The van der Waals surface area contributed by atoms with E-state index in [-0.39, 0.29) is 20.7 Å². The highest BCUT2D eigenvalue weighted by Crippen LogP contribution is 2.43. The summed E-state index contributed by atoms with van der Waals surface area (Å²) in [6.07, 6.45) is 4.08. The first-order chi connectivity index (χ1) is 17.5. The zero-order valence-electron chi connectivity index (χ0n) is 24.5. The molecule has 3 nitrogen and oxygen atoms in total. The smallest absolute Gasteiger partial charge is 0.164 e. The Labute approximate surface area is 248 Å². The Hall–Kier alpha value is -0.860. The van der Waals surface area contributed by atoms with Gasteiger partial charge in [0.2, 0.25) is 0 Å². The molecule has 0 bridgehead atoms. The summed E-state index contributed by atoms with van der Waals surface area (Å²) < 4.78 is 7.07. The molecular formula is C31H45NO2S4. The van der Waals surface area contributed by atoms with Gasteiger partial charge in [-0.1, -0.05) is 94.0 Å². The molecule has 0 amide bonds. The number of hydrogen-bond acceptors (Lipinski definition) is 7. The molecule has 1 aromatic carbocycles. The molecule has 0 aliphatic carbocycles. The van der Waals surface area contributed by atoms with Gasteiger partial charge >= 0.3 is 0 Å². The van der Waals surface area contributed by atoms with Crippen molar-refractivity contribution in [2.75, 3.05) is 6.61 Å². The Morgan fingerprint density at radius 1 is 0.974 bits per heavy atom. The van der Waals surface area contributed by atoms with Gasteiger partial charge in [-0.15, -0.1) is 11.8 Å². The summed E-state index contributed by atoms with van der Waals surface area (Å²) in [4.78, 5) is 17.8. The summed E-state index contributed by atoms with van der Waals surface area (Å²) in [5.74, 6) is 0.531. The monoisotopic (exact) mass is 591 g/mol. The molecule has 2 rings (SSSR count). The molecule has 1 aromatic heterocycles. The van der Waals surface area contributed by atoms with Crippen LogP contribution in [0, 0.1) is 11.3 Å². The predicted molar refractivity (Wildman–Crippen MR) is 173 cm³/mol. The van der Waals surface area contributed by atoms with Crippen molar-refractivity contribution < 1.29 is 9.53 Å². The van der Waals surface area contributed by atoms with E-state index in [1.165, 1.54) is 0 Å². The number of thiocarbonyl (C=S) groups is 1. The zero-order chi connectivity index (χ0) is 28.6. The zero-order valence-corrected chi connectivity index (χ0v) is 27.8. The topological polar surface area (TPSA) is 39.2 Å². The van der Waals surface area contributed by atoms with Crippen LogP contribution in [0.1, 0.15) is 87.1 Å². The highest BCUT2D eigenvalue weighted by Gasteiger charge is 2.37. The summed E-state index contributed by atoms with van der Waals surface area (Å²) in [5.41, 5.74) is 0.143. The lowest BCUT2D eigenvalue weighted by atomic mass is 9.74. The average molecular weight is 592 g/mol. The maximum atomic E-state index is 13.4. The summed E-state index contributed by atoms with van der Waals surface area (Å²) in [6.45, 7) is 20.0. The molecule has 7 heteroatoms. The van der Waals surface area contributed by atoms with Crippen molar-refractivity contribution in [2.24, 2.45) is 11.3 Å². The van der Waals surface area contributed by atoms with Crippen LogP contribution in [-0.2, 0) is 9.53 Å². The van der Waals surface area contributed by atoms with Crippen LogP contribution < -0.4 is 0 Å². The summed E-state index contributed by atoms with van der Waals surface area (Å²) in [6, 6.07) is 16.2. The van der Waals surface area contributed by atoms with Crippen LogP contribution in [-0.4, -0.2) is 36.7 Å². The van der Waals surface area contributed by atoms with Crippen molar-refractivity contribution in [1.82, 2.24) is 4.98 Å². The van der Waals surface area contributed by atoms with Gasteiger partial charge in [0, 0.05) is 28.7 Å². The average Bonchev–Trinajstić information content (AvgIpc) is 2.83. The fourth-order valence-electron chi connectivity index (χ4n) is 3.99. The number of thioether (sulfide) groups is 1. The minimum Gasteiger partial charge on any atom is -0.368 e. The molecule has 1 unspecified atom stereocenters.